The van der Waals surface area contributed by atoms with Crippen LogP contribution in [0.1, 0.15) is 15.4 Å². The van der Waals surface area contributed by atoms with E-state index in [2.05, 4.69) is 10.3 Å². The van der Waals surface area contributed by atoms with Crippen LogP contribution in [0.15, 0.2) is 53.9 Å². The number of rotatable bonds is 4. The van der Waals surface area contributed by atoms with Crippen molar-refractivity contribution < 1.29 is 9.53 Å². The highest BCUT2D eigenvalue weighted by atomic mass is 32.1. The number of carbonyl (C=O) groups is 1. The van der Waals surface area contributed by atoms with E-state index < -0.39 is 0 Å². The lowest BCUT2D eigenvalue weighted by molar-refractivity contribution is 0.102. The van der Waals surface area contributed by atoms with Crippen molar-refractivity contribution >= 4 is 22.9 Å². The Labute approximate surface area is 138 Å². The van der Waals surface area contributed by atoms with Gasteiger partial charge in [-0.1, -0.05) is 12.1 Å². The fourth-order valence-corrected chi connectivity index (χ4v) is 2.82. The highest BCUT2D eigenvalue weighted by Gasteiger charge is 2.08. The number of amides is 1. The minimum atomic E-state index is -0.153. The van der Waals surface area contributed by atoms with Crippen LogP contribution in [0.3, 0.4) is 0 Å². The molecule has 0 fully saturated rings. The van der Waals surface area contributed by atoms with E-state index in [0.717, 1.165) is 27.7 Å². The number of nitrogens with zero attached hydrogens (tertiary/aromatic N) is 1. The molecule has 0 bridgehead atoms. The number of aryl methyl sites for hydroxylation is 1. The van der Waals surface area contributed by atoms with E-state index in [1.807, 2.05) is 36.6 Å². The third kappa shape index (κ3) is 3.57. The van der Waals surface area contributed by atoms with Crippen LogP contribution in [0.2, 0.25) is 0 Å². The van der Waals surface area contributed by atoms with Gasteiger partial charge in [0.25, 0.3) is 5.91 Å². The standard InChI is InChI=1S/C18H16N2O2S/c1-12-19-17(11-23-12)14-4-3-5-15(10-14)20-18(21)13-6-8-16(22-2)9-7-13/h3-11H,1-2H3,(H,20,21). The maximum Gasteiger partial charge on any atom is 0.255 e. The lowest BCUT2D eigenvalue weighted by atomic mass is 10.1. The van der Waals surface area contributed by atoms with E-state index in [-0.39, 0.29) is 5.91 Å². The molecule has 0 atom stereocenters. The summed E-state index contributed by atoms with van der Waals surface area (Å²) in [4.78, 5) is 16.8. The number of aromatic nitrogens is 1. The molecular formula is C18H16N2O2S. The Morgan fingerprint density at radius 3 is 2.61 bits per heavy atom. The molecule has 0 radical (unpaired) electrons. The zero-order valence-corrected chi connectivity index (χ0v) is 13.7. The average Bonchev–Trinajstić information content (AvgIpc) is 3.02. The van der Waals surface area contributed by atoms with E-state index in [0.29, 0.717) is 5.56 Å². The fraction of sp³-hybridized carbons (Fsp3) is 0.111. The van der Waals surface area contributed by atoms with Crippen LogP contribution in [0.4, 0.5) is 5.69 Å². The molecule has 1 heterocycles. The molecule has 0 aliphatic carbocycles. The number of hydrogen-bond donors (Lipinski definition) is 1. The Morgan fingerprint density at radius 1 is 1.17 bits per heavy atom. The summed E-state index contributed by atoms with van der Waals surface area (Å²) in [5.74, 6) is 0.571. The molecule has 1 N–H and O–H groups in total. The molecule has 0 saturated heterocycles. The van der Waals surface area contributed by atoms with Gasteiger partial charge in [0.2, 0.25) is 0 Å². The van der Waals surface area contributed by atoms with Gasteiger partial charge in [-0.15, -0.1) is 11.3 Å². The van der Waals surface area contributed by atoms with Gasteiger partial charge in [-0.3, -0.25) is 4.79 Å². The molecule has 0 unspecified atom stereocenters. The summed E-state index contributed by atoms with van der Waals surface area (Å²) in [7, 11) is 1.60. The number of methoxy groups -OCH3 is 1. The number of hydrogen-bond acceptors (Lipinski definition) is 4. The summed E-state index contributed by atoms with van der Waals surface area (Å²) < 4.78 is 5.10. The molecule has 3 aromatic rings. The molecule has 1 aromatic heterocycles. The van der Waals surface area contributed by atoms with E-state index >= 15 is 0 Å². The van der Waals surface area contributed by atoms with E-state index in [1.54, 1.807) is 42.7 Å². The number of nitrogens with one attached hydrogen (secondary N) is 1. The van der Waals surface area contributed by atoms with Gasteiger partial charge in [-0.05, 0) is 43.3 Å². The molecule has 23 heavy (non-hydrogen) atoms. The minimum absolute atomic E-state index is 0.153. The van der Waals surface area contributed by atoms with Crippen molar-refractivity contribution in [3.05, 3.63) is 64.5 Å². The third-order valence-corrected chi connectivity index (χ3v) is 4.16. The Hall–Kier alpha value is -2.66. The quantitative estimate of drug-likeness (QED) is 0.775. The first-order chi connectivity index (χ1) is 11.2. The monoisotopic (exact) mass is 324 g/mol. The number of ether oxygens (including phenoxy) is 1. The van der Waals surface area contributed by atoms with Crippen molar-refractivity contribution in [2.75, 3.05) is 12.4 Å². The molecular weight excluding hydrogens is 308 g/mol. The molecule has 3 rings (SSSR count). The van der Waals surface area contributed by atoms with Crippen LogP contribution < -0.4 is 10.1 Å². The van der Waals surface area contributed by atoms with Crippen molar-refractivity contribution in [3.8, 4) is 17.0 Å². The van der Waals surface area contributed by atoms with Crippen molar-refractivity contribution in [1.82, 2.24) is 4.98 Å². The van der Waals surface area contributed by atoms with Crippen molar-refractivity contribution in [1.29, 1.82) is 0 Å². The van der Waals surface area contributed by atoms with Gasteiger partial charge in [0.05, 0.1) is 17.8 Å². The zero-order chi connectivity index (χ0) is 16.2. The number of carbonyl (C=O) groups excluding carboxylic acids is 1. The van der Waals surface area contributed by atoms with Gasteiger partial charge < -0.3 is 10.1 Å². The SMILES string of the molecule is COc1ccc(C(=O)Nc2cccc(-c3csc(C)n3)c2)cc1. The molecule has 4 nitrogen and oxygen atoms in total. The second-order valence-corrected chi connectivity index (χ2v) is 6.08. The van der Waals surface area contributed by atoms with Gasteiger partial charge in [-0.25, -0.2) is 4.98 Å². The van der Waals surface area contributed by atoms with Crippen LogP contribution in [-0.4, -0.2) is 18.0 Å². The van der Waals surface area contributed by atoms with Crippen molar-refractivity contribution in [2.24, 2.45) is 0 Å². The Kier molecular flexibility index (Phi) is 4.39. The Bertz CT molecular complexity index is 825. The number of benzene rings is 2. The molecule has 2 aromatic carbocycles. The first kappa shape index (κ1) is 15.2. The molecule has 0 spiro atoms. The maximum atomic E-state index is 12.3. The first-order valence-electron chi connectivity index (χ1n) is 7.13. The summed E-state index contributed by atoms with van der Waals surface area (Å²) in [6.45, 7) is 1.98. The Balaban J connectivity index is 1.78. The summed E-state index contributed by atoms with van der Waals surface area (Å²) in [6, 6.07) is 14.7. The highest BCUT2D eigenvalue weighted by Crippen LogP contribution is 2.24. The summed E-state index contributed by atoms with van der Waals surface area (Å²) >= 11 is 1.61. The van der Waals surface area contributed by atoms with Crippen LogP contribution >= 0.6 is 11.3 Å². The van der Waals surface area contributed by atoms with Crippen LogP contribution in [-0.2, 0) is 0 Å². The average molecular weight is 324 g/mol. The van der Waals surface area contributed by atoms with Crippen LogP contribution in [0.5, 0.6) is 5.75 Å². The molecule has 116 valence electrons. The summed E-state index contributed by atoms with van der Waals surface area (Å²) in [5, 5.41) is 5.94. The second kappa shape index (κ2) is 6.62. The van der Waals surface area contributed by atoms with Gasteiger partial charge >= 0.3 is 0 Å². The minimum Gasteiger partial charge on any atom is -0.497 e. The fourth-order valence-electron chi connectivity index (χ4n) is 2.20. The van der Waals surface area contributed by atoms with Crippen molar-refractivity contribution in [2.45, 2.75) is 6.92 Å². The van der Waals surface area contributed by atoms with E-state index in [1.165, 1.54) is 0 Å². The van der Waals surface area contributed by atoms with Gasteiger partial charge in [0.15, 0.2) is 0 Å². The summed E-state index contributed by atoms with van der Waals surface area (Å²) in [6.07, 6.45) is 0. The lowest BCUT2D eigenvalue weighted by Gasteiger charge is -2.07. The number of thiazole rings is 1. The Morgan fingerprint density at radius 2 is 1.96 bits per heavy atom. The largest absolute Gasteiger partial charge is 0.497 e. The van der Waals surface area contributed by atoms with Crippen LogP contribution in [0.25, 0.3) is 11.3 Å². The van der Waals surface area contributed by atoms with E-state index in [9.17, 15) is 4.79 Å². The molecule has 0 aliphatic rings. The van der Waals surface area contributed by atoms with Gasteiger partial charge in [-0.2, -0.15) is 0 Å². The molecule has 0 aliphatic heterocycles. The highest BCUT2D eigenvalue weighted by molar-refractivity contribution is 7.09. The van der Waals surface area contributed by atoms with Gasteiger partial charge in [0.1, 0.15) is 5.75 Å². The molecule has 1 amide bonds. The smallest absolute Gasteiger partial charge is 0.255 e. The zero-order valence-electron chi connectivity index (χ0n) is 12.9. The normalized spacial score (nSPS) is 10.3. The number of anilines is 1. The topological polar surface area (TPSA) is 51.2 Å². The second-order valence-electron chi connectivity index (χ2n) is 5.02. The van der Waals surface area contributed by atoms with Gasteiger partial charge in [0, 0.05) is 22.2 Å². The maximum absolute atomic E-state index is 12.3. The van der Waals surface area contributed by atoms with E-state index in [4.69, 9.17) is 4.74 Å². The predicted octanol–water partition coefficient (Wildman–Crippen LogP) is 4.38. The summed E-state index contributed by atoms with van der Waals surface area (Å²) in [5.41, 5.74) is 3.24. The predicted molar refractivity (Wildman–Crippen MR) is 93.2 cm³/mol. The van der Waals surface area contributed by atoms with Crippen molar-refractivity contribution in [3.63, 3.8) is 0 Å². The lowest BCUT2D eigenvalue weighted by Crippen LogP contribution is -2.11. The van der Waals surface area contributed by atoms with Crippen LogP contribution in [0, 0.1) is 6.92 Å². The third-order valence-electron chi connectivity index (χ3n) is 3.39. The first-order valence-corrected chi connectivity index (χ1v) is 8.01. The molecule has 0 saturated carbocycles. The molecule has 5 heteroatoms.